The Hall–Kier alpha value is -2.92. The predicted molar refractivity (Wildman–Crippen MR) is 112 cm³/mol. The second-order valence-corrected chi connectivity index (χ2v) is 8.98. The number of amides is 2. The highest BCUT2D eigenvalue weighted by atomic mass is 16.5. The summed E-state index contributed by atoms with van der Waals surface area (Å²) >= 11 is 0. The molecule has 5 rings (SSSR count). The standard InChI is InChI=1S/C21H28N6O5/c1-26-16(8-13(25-26)11-31-2)19(28)22-18-9-15(23-24-18)17-7-12(10-32-17)21-5-3-14(4-6-21)27(21)20(29)30/h8-9,12,14,17H,3-7,10-11H2,1-2H3,(H,29,30)(H2,22,23,24,28)/t12-,14?,17+,21?/m0/s1. The summed E-state index contributed by atoms with van der Waals surface area (Å²) < 4.78 is 12.6. The molecule has 0 radical (unpaired) electrons. The molecule has 2 atom stereocenters. The van der Waals surface area contributed by atoms with Crippen LogP contribution in [0.1, 0.15) is 60.1 Å². The third-order valence-corrected chi connectivity index (χ3v) is 7.27. The van der Waals surface area contributed by atoms with Crippen molar-refractivity contribution in [2.75, 3.05) is 19.0 Å². The third kappa shape index (κ3) is 3.36. The van der Waals surface area contributed by atoms with Crippen LogP contribution in [0.4, 0.5) is 10.6 Å². The van der Waals surface area contributed by atoms with Gasteiger partial charge in [-0.05, 0) is 38.2 Å². The number of methoxy groups -OCH3 is 1. The van der Waals surface area contributed by atoms with E-state index in [0.29, 0.717) is 30.4 Å². The average molecular weight is 444 g/mol. The Labute approximate surface area is 185 Å². The van der Waals surface area contributed by atoms with E-state index in [1.165, 1.54) is 4.68 Å². The lowest BCUT2D eigenvalue weighted by atomic mass is 9.76. The van der Waals surface area contributed by atoms with E-state index < -0.39 is 6.09 Å². The van der Waals surface area contributed by atoms with Crippen molar-refractivity contribution in [3.63, 3.8) is 0 Å². The van der Waals surface area contributed by atoms with Gasteiger partial charge in [-0.3, -0.25) is 19.5 Å². The van der Waals surface area contributed by atoms with E-state index in [0.717, 1.165) is 37.8 Å². The van der Waals surface area contributed by atoms with E-state index in [9.17, 15) is 14.7 Å². The van der Waals surface area contributed by atoms with Crippen LogP contribution in [0.25, 0.3) is 0 Å². The lowest BCUT2D eigenvalue weighted by Gasteiger charge is -2.37. The molecule has 11 heteroatoms. The monoisotopic (exact) mass is 444 g/mol. The lowest BCUT2D eigenvalue weighted by Crippen LogP contribution is -2.50. The third-order valence-electron chi connectivity index (χ3n) is 7.27. The maximum atomic E-state index is 12.6. The van der Waals surface area contributed by atoms with Crippen LogP contribution < -0.4 is 5.32 Å². The molecule has 0 spiro atoms. The van der Waals surface area contributed by atoms with E-state index in [1.807, 2.05) is 0 Å². The highest BCUT2D eigenvalue weighted by molar-refractivity contribution is 6.02. The van der Waals surface area contributed by atoms with Crippen LogP contribution in [0.5, 0.6) is 0 Å². The van der Waals surface area contributed by atoms with Gasteiger partial charge in [0.05, 0.1) is 36.2 Å². The SMILES string of the molecule is COCc1cc(C(=O)Nc2cc([C@H]3C[C@H](C45CCC(CC4)N5C(=O)O)CO3)[nH]n2)n(C)n1. The van der Waals surface area contributed by atoms with E-state index in [2.05, 4.69) is 20.6 Å². The molecule has 5 heterocycles. The fraction of sp³-hybridized carbons (Fsp3) is 0.619. The fourth-order valence-corrected chi connectivity index (χ4v) is 5.84. The summed E-state index contributed by atoms with van der Waals surface area (Å²) in [5.74, 6) is 0.245. The smallest absolute Gasteiger partial charge is 0.408 e. The molecule has 0 aliphatic carbocycles. The summed E-state index contributed by atoms with van der Waals surface area (Å²) in [6.07, 6.45) is 3.40. The maximum Gasteiger partial charge on any atom is 0.408 e. The van der Waals surface area contributed by atoms with Crippen LogP contribution in [0.3, 0.4) is 0 Å². The van der Waals surface area contributed by atoms with Crippen molar-refractivity contribution < 1.29 is 24.2 Å². The Kier molecular flexibility index (Phi) is 5.17. The Morgan fingerprint density at radius 2 is 2.16 bits per heavy atom. The van der Waals surface area contributed by atoms with Crippen molar-refractivity contribution in [3.8, 4) is 0 Å². The van der Waals surface area contributed by atoms with Gasteiger partial charge in [-0.15, -0.1) is 0 Å². The molecule has 3 N–H and O–H groups in total. The Balaban J connectivity index is 1.25. The minimum Gasteiger partial charge on any atom is -0.465 e. The molecule has 11 nitrogen and oxygen atoms in total. The van der Waals surface area contributed by atoms with Crippen LogP contribution in [-0.4, -0.2) is 67.3 Å². The highest BCUT2D eigenvalue weighted by Gasteiger charge is 2.59. The predicted octanol–water partition coefficient (Wildman–Crippen LogP) is 2.29. The number of H-pyrrole nitrogens is 1. The first-order chi connectivity index (χ1) is 15.4. The molecule has 172 valence electrons. The summed E-state index contributed by atoms with van der Waals surface area (Å²) in [7, 11) is 3.28. The number of carbonyl (C=O) groups is 2. The first-order valence-corrected chi connectivity index (χ1v) is 10.9. The van der Waals surface area contributed by atoms with Crippen LogP contribution >= 0.6 is 0 Å². The van der Waals surface area contributed by atoms with Crippen molar-refractivity contribution in [2.24, 2.45) is 13.0 Å². The molecule has 3 fully saturated rings. The first kappa shape index (κ1) is 21.0. The molecule has 0 aromatic carbocycles. The zero-order valence-corrected chi connectivity index (χ0v) is 18.2. The van der Waals surface area contributed by atoms with E-state index in [1.54, 1.807) is 31.2 Å². The van der Waals surface area contributed by atoms with Gasteiger partial charge in [0.2, 0.25) is 0 Å². The lowest BCUT2D eigenvalue weighted by molar-refractivity contribution is 0.0609. The Morgan fingerprint density at radius 3 is 2.88 bits per heavy atom. The van der Waals surface area contributed by atoms with Crippen molar-refractivity contribution in [1.82, 2.24) is 24.9 Å². The molecular formula is C21H28N6O5. The normalized spacial score (nSPS) is 29.1. The number of fused-ring (bicyclic) bond motifs is 2. The second-order valence-electron chi connectivity index (χ2n) is 8.98. The van der Waals surface area contributed by atoms with Crippen molar-refractivity contribution >= 4 is 17.8 Å². The van der Waals surface area contributed by atoms with Crippen LogP contribution in [0.15, 0.2) is 12.1 Å². The summed E-state index contributed by atoms with van der Waals surface area (Å²) in [5, 5.41) is 24.0. The van der Waals surface area contributed by atoms with Gasteiger partial charge in [-0.1, -0.05) is 0 Å². The molecule has 0 saturated carbocycles. The number of aromatic amines is 1. The van der Waals surface area contributed by atoms with Gasteiger partial charge in [0.25, 0.3) is 5.91 Å². The minimum atomic E-state index is -0.816. The van der Waals surface area contributed by atoms with Gasteiger partial charge in [-0.2, -0.15) is 10.2 Å². The number of aromatic nitrogens is 4. The number of carboxylic acid groups (broad SMARTS) is 1. The van der Waals surface area contributed by atoms with Crippen LogP contribution in [-0.2, 0) is 23.1 Å². The quantitative estimate of drug-likeness (QED) is 0.622. The van der Waals surface area contributed by atoms with Gasteiger partial charge >= 0.3 is 6.09 Å². The van der Waals surface area contributed by atoms with Crippen LogP contribution in [0.2, 0.25) is 0 Å². The molecule has 3 saturated heterocycles. The summed E-state index contributed by atoms with van der Waals surface area (Å²) in [5.41, 5.74) is 1.55. The van der Waals surface area contributed by atoms with E-state index >= 15 is 0 Å². The van der Waals surface area contributed by atoms with Crippen LogP contribution in [0, 0.1) is 5.92 Å². The molecule has 3 aliphatic rings. The fourth-order valence-electron chi connectivity index (χ4n) is 5.84. The van der Waals surface area contributed by atoms with E-state index in [-0.39, 0.29) is 29.5 Å². The first-order valence-electron chi connectivity index (χ1n) is 10.9. The molecule has 32 heavy (non-hydrogen) atoms. The number of rotatable bonds is 6. The van der Waals surface area contributed by atoms with E-state index in [4.69, 9.17) is 9.47 Å². The average Bonchev–Trinajstić information content (AvgIpc) is 3.56. The number of ether oxygens (including phenoxy) is 2. The van der Waals surface area contributed by atoms with Gasteiger partial charge < -0.3 is 19.9 Å². The number of aryl methyl sites for hydroxylation is 1. The number of nitrogens with zero attached hydrogens (tertiary/aromatic N) is 4. The molecule has 0 unspecified atom stereocenters. The second kappa shape index (κ2) is 7.89. The molecule has 2 amide bonds. The number of hydrogen-bond acceptors (Lipinski definition) is 6. The van der Waals surface area contributed by atoms with Crippen molar-refractivity contribution in [1.29, 1.82) is 0 Å². The number of carbonyl (C=O) groups excluding carboxylic acids is 1. The van der Waals surface area contributed by atoms with Gasteiger partial charge in [-0.25, -0.2) is 4.79 Å². The van der Waals surface area contributed by atoms with Gasteiger partial charge in [0.1, 0.15) is 5.69 Å². The van der Waals surface area contributed by atoms with Crippen molar-refractivity contribution in [2.45, 2.75) is 56.4 Å². The van der Waals surface area contributed by atoms with Gasteiger partial charge in [0.15, 0.2) is 5.82 Å². The number of nitrogens with one attached hydrogen (secondary N) is 2. The summed E-state index contributed by atoms with van der Waals surface area (Å²) in [4.78, 5) is 26.2. The minimum absolute atomic E-state index is 0.150. The topological polar surface area (TPSA) is 135 Å². The summed E-state index contributed by atoms with van der Waals surface area (Å²) in [6, 6.07) is 3.61. The Morgan fingerprint density at radius 1 is 1.38 bits per heavy atom. The number of anilines is 1. The maximum absolute atomic E-state index is 12.6. The highest BCUT2D eigenvalue weighted by Crippen LogP contribution is 2.54. The zero-order chi connectivity index (χ0) is 22.5. The summed E-state index contributed by atoms with van der Waals surface area (Å²) in [6.45, 7) is 0.856. The zero-order valence-electron chi connectivity index (χ0n) is 18.2. The number of hydrogen-bond donors (Lipinski definition) is 3. The Bertz CT molecular complexity index is 1020. The molecule has 2 bridgehead atoms. The van der Waals surface area contributed by atoms with Gasteiger partial charge in [0, 0.05) is 32.2 Å². The van der Waals surface area contributed by atoms with Crippen molar-refractivity contribution in [3.05, 3.63) is 29.2 Å². The molecule has 2 aromatic heterocycles. The molecule has 3 aliphatic heterocycles. The molecular weight excluding hydrogens is 416 g/mol. The molecule has 2 aromatic rings. The largest absolute Gasteiger partial charge is 0.465 e.